The zero-order chi connectivity index (χ0) is 14.6. The summed E-state index contributed by atoms with van der Waals surface area (Å²) in [5.74, 6) is 1.24. The standard InChI is InChI=1S/C17H14IN2S/c1-11-7-8-13-12-5-3-4-6-14(12)21-16(13)15(11)17-19(2)9-10-20(17)18/h3-10H,1-2H3/q+1. The molecule has 0 amide bonds. The Hall–Kier alpha value is -1.40. The number of halogens is 1. The van der Waals surface area contributed by atoms with Gasteiger partial charge in [-0.1, -0.05) is 30.3 Å². The molecule has 4 heteroatoms. The lowest BCUT2D eigenvalue weighted by Gasteiger charge is -2.04. The van der Waals surface area contributed by atoms with Crippen LogP contribution in [0.5, 0.6) is 0 Å². The van der Waals surface area contributed by atoms with E-state index in [9.17, 15) is 0 Å². The maximum absolute atomic E-state index is 2.35. The predicted octanol–water partition coefficient (Wildman–Crippen LogP) is 4.85. The van der Waals surface area contributed by atoms with Gasteiger partial charge in [0, 0.05) is 15.5 Å². The van der Waals surface area contributed by atoms with Gasteiger partial charge in [-0.3, -0.25) is 0 Å². The van der Waals surface area contributed by atoms with Gasteiger partial charge in [-0.25, -0.2) is 4.57 Å². The lowest BCUT2D eigenvalue weighted by atomic mass is 10.0. The molecule has 0 radical (unpaired) electrons. The summed E-state index contributed by atoms with van der Waals surface area (Å²) < 4.78 is 7.10. The third-order valence-corrected chi connectivity index (χ3v) is 5.92. The Morgan fingerprint density at radius 1 is 1.10 bits per heavy atom. The highest BCUT2D eigenvalue weighted by atomic mass is 127. The largest absolute Gasteiger partial charge is 0.299 e. The predicted molar refractivity (Wildman–Crippen MR) is 98.1 cm³/mol. The number of benzene rings is 2. The molecule has 0 unspecified atom stereocenters. The van der Waals surface area contributed by atoms with E-state index >= 15 is 0 Å². The highest BCUT2D eigenvalue weighted by Crippen LogP contribution is 2.40. The van der Waals surface area contributed by atoms with Crippen molar-refractivity contribution >= 4 is 54.4 Å². The van der Waals surface area contributed by atoms with Crippen molar-refractivity contribution in [2.75, 3.05) is 0 Å². The highest BCUT2D eigenvalue weighted by Gasteiger charge is 2.22. The third kappa shape index (κ3) is 1.92. The smallest absolute Gasteiger partial charge is 0.232 e. The van der Waals surface area contributed by atoms with Gasteiger partial charge >= 0.3 is 0 Å². The van der Waals surface area contributed by atoms with E-state index in [1.54, 1.807) is 0 Å². The van der Waals surface area contributed by atoms with E-state index in [0.29, 0.717) is 0 Å². The average Bonchev–Trinajstić information content (AvgIpc) is 3.01. The van der Waals surface area contributed by atoms with Crippen molar-refractivity contribution < 1.29 is 4.57 Å². The molecule has 104 valence electrons. The summed E-state index contributed by atoms with van der Waals surface area (Å²) in [6.45, 7) is 2.20. The fraction of sp³-hybridized carbons (Fsp3) is 0.118. The molecule has 21 heavy (non-hydrogen) atoms. The van der Waals surface area contributed by atoms with Crippen molar-refractivity contribution in [1.29, 1.82) is 0 Å². The van der Waals surface area contributed by atoms with Crippen molar-refractivity contribution in [3.8, 4) is 11.4 Å². The molecule has 2 aromatic heterocycles. The van der Waals surface area contributed by atoms with Crippen LogP contribution in [0.3, 0.4) is 0 Å². The van der Waals surface area contributed by atoms with E-state index in [4.69, 9.17) is 0 Å². The summed E-state index contributed by atoms with van der Waals surface area (Å²) in [6.07, 6.45) is 4.20. The van der Waals surface area contributed by atoms with Gasteiger partial charge in [-0.15, -0.1) is 11.3 Å². The van der Waals surface area contributed by atoms with Crippen LogP contribution in [0.1, 0.15) is 5.56 Å². The summed E-state index contributed by atoms with van der Waals surface area (Å²) in [4.78, 5) is 0. The van der Waals surface area contributed by atoms with Gasteiger partial charge in [-0.05, 0) is 18.6 Å². The van der Waals surface area contributed by atoms with Crippen LogP contribution in [0.2, 0.25) is 0 Å². The van der Waals surface area contributed by atoms with Crippen molar-refractivity contribution in [2.24, 2.45) is 7.05 Å². The summed E-state index contributed by atoms with van der Waals surface area (Å²) in [7, 11) is 2.11. The van der Waals surface area contributed by atoms with Gasteiger partial charge in [-0.2, -0.15) is 2.78 Å². The van der Waals surface area contributed by atoms with Crippen LogP contribution in [-0.4, -0.2) is 2.78 Å². The van der Waals surface area contributed by atoms with Crippen molar-refractivity contribution in [3.63, 3.8) is 0 Å². The van der Waals surface area contributed by atoms with E-state index in [2.05, 4.69) is 93.0 Å². The Bertz CT molecular complexity index is 962. The first-order valence-electron chi connectivity index (χ1n) is 6.81. The number of rotatable bonds is 1. The lowest BCUT2D eigenvalue weighted by Crippen LogP contribution is -2.28. The van der Waals surface area contributed by atoms with Crippen molar-refractivity contribution in [1.82, 2.24) is 2.78 Å². The SMILES string of the molecule is Cc1ccc2c(sc3ccccc32)c1-c1n(I)cc[n+]1C. The second-order valence-electron chi connectivity index (χ2n) is 5.28. The van der Waals surface area contributed by atoms with Crippen LogP contribution in [0.4, 0.5) is 0 Å². The van der Waals surface area contributed by atoms with Crippen molar-refractivity contribution in [3.05, 3.63) is 54.4 Å². The number of nitrogens with zero attached hydrogens (tertiary/aromatic N) is 2. The number of imidazole rings is 1. The Labute approximate surface area is 141 Å². The number of fused-ring (bicyclic) bond motifs is 3. The fourth-order valence-corrected chi connectivity index (χ4v) is 4.92. The van der Waals surface area contributed by atoms with E-state index in [-0.39, 0.29) is 0 Å². The minimum Gasteiger partial charge on any atom is -0.232 e. The summed E-state index contributed by atoms with van der Waals surface area (Å²) >= 11 is 4.24. The normalized spacial score (nSPS) is 11.6. The minimum atomic E-state index is 1.24. The van der Waals surface area contributed by atoms with Gasteiger partial charge in [0.2, 0.25) is 22.9 Å². The Balaban J connectivity index is 2.20. The topological polar surface area (TPSA) is 8.81 Å². The number of aryl methyl sites for hydroxylation is 2. The first-order chi connectivity index (χ1) is 10.2. The fourth-order valence-electron chi connectivity index (χ4n) is 2.90. The molecule has 0 spiro atoms. The molecular formula is C17H14IN2S+. The van der Waals surface area contributed by atoms with Gasteiger partial charge in [0.15, 0.2) is 0 Å². The Kier molecular flexibility index (Phi) is 3.04. The molecule has 4 rings (SSSR count). The molecule has 0 N–H and O–H groups in total. The van der Waals surface area contributed by atoms with Crippen LogP contribution >= 0.6 is 34.2 Å². The first-order valence-corrected chi connectivity index (χ1v) is 8.59. The van der Waals surface area contributed by atoms with E-state index in [1.165, 1.54) is 37.1 Å². The molecular weight excluding hydrogens is 391 g/mol. The monoisotopic (exact) mass is 405 g/mol. The highest BCUT2D eigenvalue weighted by molar-refractivity contribution is 14.1. The third-order valence-electron chi connectivity index (χ3n) is 3.94. The van der Waals surface area contributed by atoms with Gasteiger partial charge < -0.3 is 0 Å². The Morgan fingerprint density at radius 2 is 1.90 bits per heavy atom. The second-order valence-corrected chi connectivity index (χ2v) is 7.37. The van der Waals surface area contributed by atoms with Crippen LogP contribution in [0.25, 0.3) is 31.6 Å². The molecule has 2 aromatic carbocycles. The van der Waals surface area contributed by atoms with Crippen molar-refractivity contribution in [2.45, 2.75) is 6.92 Å². The molecule has 0 aliphatic carbocycles. The Morgan fingerprint density at radius 3 is 2.67 bits per heavy atom. The summed E-state index contributed by atoms with van der Waals surface area (Å²) in [5, 5.41) is 2.71. The van der Waals surface area contributed by atoms with E-state index in [0.717, 1.165) is 0 Å². The maximum Gasteiger partial charge on any atom is 0.299 e. The molecule has 0 saturated heterocycles. The van der Waals surface area contributed by atoms with Crippen LogP contribution in [-0.2, 0) is 7.05 Å². The van der Waals surface area contributed by atoms with Gasteiger partial charge in [0.05, 0.1) is 17.3 Å². The van der Waals surface area contributed by atoms with Crippen LogP contribution in [0.15, 0.2) is 48.8 Å². The van der Waals surface area contributed by atoms with E-state index in [1.807, 2.05) is 11.3 Å². The van der Waals surface area contributed by atoms with Gasteiger partial charge in [0.25, 0.3) is 5.82 Å². The van der Waals surface area contributed by atoms with Crippen LogP contribution in [0, 0.1) is 6.92 Å². The number of hydrogen-bond acceptors (Lipinski definition) is 1. The van der Waals surface area contributed by atoms with Gasteiger partial charge in [0.1, 0.15) is 12.4 Å². The molecule has 0 bridgehead atoms. The molecule has 0 aliphatic heterocycles. The average molecular weight is 405 g/mol. The molecule has 2 nitrogen and oxygen atoms in total. The molecule has 0 fully saturated rings. The molecule has 4 aromatic rings. The molecule has 0 atom stereocenters. The summed E-state index contributed by atoms with van der Waals surface area (Å²) in [5.41, 5.74) is 2.66. The summed E-state index contributed by atoms with van der Waals surface area (Å²) in [6, 6.07) is 13.2. The zero-order valence-electron chi connectivity index (χ0n) is 11.8. The van der Waals surface area contributed by atoms with Crippen LogP contribution < -0.4 is 4.57 Å². The van der Waals surface area contributed by atoms with E-state index < -0.39 is 0 Å². The molecule has 2 heterocycles. The first kappa shape index (κ1) is 13.3. The second kappa shape index (κ2) is 4.81. The number of hydrogen-bond donors (Lipinski definition) is 0. The zero-order valence-corrected chi connectivity index (χ0v) is 14.8. The number of aromatic nitrogens is 2. The lowest BCUT2D eigenvalue weighted by molar-refractivity contribution is -0.659. The minimum absolute atomic E-state index is 1.24. The maximum atomic E-state index is 2.35. The number of thiophene rings is 1. The molecule has 0 saturated carbocycles. The quantitative estimate of drug-likeness (QED) is 0.316. The molecule has 0 aliphatic rings.